The monoisotopic (exact) mass is 212 g/mol. The summed E-state index contributed by atoms with van der Waals surface area (Å²) in [6.07, 6.45) is 3.51. The Hall–Kier alpha value is -0.870. The van der Waals surface area contributed by atoms with Gasteiger partial charge >= 0.3 is 0 Å². The third-order valence-corrected chi connectivity index (χ3v) is 2.17. The number of carbonyl (C=O) groups excluding carboxylic acids is 1. The summed E-state index contributed by atoms with van der Waals surface area (Å²) in [5.41, 5.74) is 0. The average molecular weight is 212 g/mol. The Morgan fingerprint density at radius 1 is 1.47 bits per heavy atom. The molecule has 1 fully saturated rings. The van der Waals surface area contributed by atoms with Crippen LogP contribution in [-0.2, 0) is 9.53 Å². The number of rotatable bonds is 4. The molecule has 0 atom stereocenters. The van der Waals surface area contributed by atoms with Crippen LogP contribution in [0, 0.1) is 0 Å². The number of amides is 1. The van der Waals surface area contributed by atoms with Gasteiger partial charge in [-0.05, 0) is 13.8 Å². The zero-order chi connectivity index (χ0) is 11.1. The highest BCUT2D eigenvalue weighted by atomic mass is 16.5. The van der Waals surface area contributed by atoms with Gasteiger partial charge in [0, 0.05) is 31.8 Å². The van der Waals surface area contributed by atoms with Gasteiger partial charge in [-0.1, -0.05) is 6.08 Å². The highest BCUT2D eigenvalue weighted by Crippen LogP contribution is 1.96. The van der Waals surface area contributed by atoms with Crippen molar-refractivity contribution in [2.75, 3.05) is 32.8 Å². The van der Waals surface area contributed by atoms with Crippen LogP contribution >= 0.6 is 0 Å². The highest BCUT2D eigenvalue weighted by molar-refractivity contribution is 5.87. The second kappa shape index (κ2) is 6.58. The molecule has 1 saturated heterocycles. The van der Waals surface area contributed by atoms with Crippen LogP contribution < -0.4 is 5.32 Å². The van der Waals surface area contributed by atoms with Crippen molar-refractivity contribution < 1.29 is 9.53 Å². The molecule has 0 unspecified atom stereocenters. The normalized spacial score (nSPS) is 18.6. The standard InChI is InChI=1S/C11H20N2O2/c1-10(2)12-11(14)4-3-5-13-6-8-15-9-7-13/h3-4,10H,5-9H2,1-2H3,(H,12,14)/b4-3+. The lowest BCUT2D eigenvalue weighted by molar-refractivity contribution is -0.116. The molecule has 4 heteroatoms. The van der Waals surface area contributed by atoms with Gasteiger partial charge < -0.3 is 10.1 Å². The fraction of sp³-hybridized carbons (Fsp3) is 0.727. The second-order valence-corrected chi connectivity index (χ2v) is 3.98. The number of ether oxygens (including phenoxy) is 1. The van der Waals surface area contributed by atoms with Gasteiger partial charge in [0.15, 0.2) is 0 Å². The zero-order valence-electron chi connectivity index (χ0n) is 9.53. The summed E-state index contributed by atoms with van der Waals surface area (Å²) in [4.78, 5) is 13.5. The van der Waals surface area contributed by atoms with Crippen LogP contribution in [0.1, 0.15) is 13.8 Å². The molecule has 86 valence electrons. The van der Waals surface area contributed by atoms with Gasteiger partial charge in [-0.2, -0.15) is 0 Å². The van der Waals surface area contributed by atoms with Crippen LogP contribution in [0.2, 0.25) is 0 Å². The van der Waals surface area contributed by atoms with Crippen LogP contribution in [0.15, 0.2) is 12.2 Å². The number of nitrogens with zero attached hydrogens (tertiary/aromatic N) is 1. The lowest BCUT2D eigenvalue weighted by Gasteiger charge is -2.25. The molecule has 1 aliphatic rings. The van der Waals surface area contributed by atoms with E-state index >= 15 is 0 Å². The van der Waals surface area contributed by atoms with Crippen molar-refractivity contribution in [2.45, 2.75) is 19.9 Å². The summed E-state index contributed by atoms with van der Waals surface area (Å²) in [7, 11) is 0. The van der Waals surface area contributed by atoms with E-state index < -0.39 is 0 Å². The molecule has 0 aromatic rings. The van der Waals surface area contributed by atoms with E-state index in [9.17, 15) is 4.79 Å². The van der Waals surface area contributed by atoms with E-state index in [4.69, 9.17) is 4.74 Å². The molecular weight excluding hydrogens is 192 g/mol. The maximum atomic E-state index is 11.3. The first-order valence-electron chi connectivity index (χ1n) is 5.45. The molecule has 1 N–H and O–H groups in total. The third kappa shape index (κ3) is 5.54. The van der Waals surface area contributed by atoms with Gasteiger partial charge in [-0.15, -0.1) is 0 Å². The number of hydrogen-bond donors (Lipinski definition) is 1. The van der Waals surface area contributed by atoms with Crippen molar-refractivity contribution in [3.05, 3.63) is 12.2 Å². The first-order chi connectivity index (χ1) is 7.18. The minimum absolute atomic E-state index is 0.0155. The molecule has 1 rings (SSSR count). The van der Waals surface area contributed by atoms with Crippen LogP contribution in [-0.4, -0.2) is 49.7 Å². The molecule has 1 amide bonds. The number of hydrogen-bond acceptors (Lipinski definition) is 3. The lowest BCUT2D eigenvalue weighted by atomic mass is 10.3. The van der Waals surface area contributed by atoms with Crippen LogP contribution in [0.5, 0.6) is 0 Å². The molecule has 0 aromatic heterocycles. The summed E-state index contributed by atoms with van der Waals surface area (Å²) in [6, 6.07) is 0.200. The van der Waals surface area contributed by atoms with Crippen molar-refractivity contribution in [1.82, 2.24) is 10.2 Å². The zero-order valence-corrected chi connectivity index (χ0v) is 9.53. The maximum Gasteiger partial charge on any atom is 0.243 e. The molecule has 15 heavy (non-hydrogen) atoms. The fourth-order valence-electron chi connectivity index (χ4n) is 1.43. The molecule has 1 aliphatic heterocycles. The fourth-order valence-corrected chi connectivity index (χ4v) is 1.43. The smallest absolute Gasteiger partial charge is 0.243 e. The molecule has 0 saturated carbocycles. The van der Waals surface area contributed by atoms with Gasteiger partial charge in [0.2, 0.25) is 5.91 Å². The lowest BCUT2D eigenvalue weighted by Crippen LogP contribution is -2.36. The third-order valence-electron chi connectivity index (χ3n) is 2.17. The molecule has 1 heterocycles. The highest BCUT2D eigenvalue weighted by Gasteiger charge is 2.07. The number of morpholine rings is 1. The van der Waals surface area contributed by atoms with Gasteiger partial charge in [0.05, 0.1) is 13.2 Å². The van der Waals surface area contributed by atoms with E-state index in [1.165, 1.54) is 0 Å². The van der Waals surface area contributed by atoms with E-state index in [2.05, 4.69) is 10.2 Å². The molecule has 0 aliphatic carbocycles. The largest absolute Gasteiger partial charge is 0.379 e. The van der Waals surface area contributed by atoms with Crippen molar-refractivity contribution in [3.8, 4) is 0 Å². The predicted octanol–water partition coefficient (Wildman–Crippen LogP) is 0.399. The second-order valence-electron chi connectivity index (χ2n) is 3.98. The Morgan fingerprint density at radius 2 is 2.13 bits per heavy atom. The van der Waals surface area contributed by atoms with Crippen molar-refractivity contribution >= 4 is 5.91 Å². The first kappa shape index (κ1) is 12.2. The Kier molecular flexibility index (Phi) is 5.36. The molecule has 0 radical (unpaired) electrons. The summed E-state index contributed by atoms with van der Waals surface area (Å²) in [5.74, 6) is -0.0155. The summed E-state index contributed by atoms with van der Waals surface area (Å²) >= 11 is 0. The minimum Gasteiger partial charge on any atom is -0.379 e. The molecule has 0 bridgehead atoms. The molecular formula is C11H20N2O2. The number of carbonyl (C=O) groups is 1. The van der Waals surface area contributed by atoms with Crippen molar-refractivity contribution in [1.29, 1.82) is 0 Å². The minimum atomic E-state index is -0.0155. The van der Waals surface area contributed by atoms with Crippen LogP contribution in [0.3, 0.4) is 0 Å². The van der Waals surface area contributed by atoms with Gasteiger partial charge in [-0.25, -0.2) is 0 Å². The van der Waals surface area contributed by atoms with E-state index in [0.29, 0.717) is 0 Å². The van der Waals surface area contributed by atoms with Crippen LogP contribution in [0.4, 0.5) is 0 Å². The van der Waals surface area contributed by atoms with Gasteiger partial charge in [-0.3, -0.25) is 9.69 Å². The van der Waals surface area contributed by atoms with E-state index in [-0.39, 0.29) is 11.9 Å². The Balaban J connectivity index is 2.17. The Morgan fingerprint density at radius 3 is 2.73 bits per heavy atom. The summed E-state index contributed by atoms with van der Waals surface area (Å²) in [5, 5.41) is 2.81. The number of nitrogens with one attached hydrogen (secondary N) is 1. The topological polar surface area (TPSA) is 41.6 Å². The first-order valence-corrected chi connectivity index (χ1v) is 5.45. The summed E-state index contributed by atoms with van der Waals surface area (Å²) < 4.78 is 5.23. The quantitative estimate of drug-likeness (QED) is 0.686. The summed E-state index contributed by atoms with van der Waals surface area (Å²) in [6.45, 7) is 8.24. The Labute approximate surface area is 91.3 Å². The molecule has 4 nitrogen and oxygen atoms in total. The molecule has 0 spiro atoms. The van der Waals surface area contributed by atoms with Gasteiger partial charge in [0.25, 0.3) is 0 Å². The van der Waals surface area contributed by atoms with E-state index in [0.717, 1.165) is 32.8 Å². The predicted molar refractivity (Wildman–Crippen MR) is 59.7 cm³/mol. The molecule has 0 aromatic carbocycles. The van der Waals surface area contributed by atoms with Gasteiger partial charge in [0.1, 0.15) is 0 Å². The van der Waals surface area contributed by atoms with Crippen LogP contribution in [0.25, 0.3) is 0 Å². The van der Waals surface area contributed by atoms with E-state index in [1.54, 1.807) is 6.08 Å². The average Bonchev–Trinajstić information content (AvgIpc) is 2.18. The Bertz CT molecular complexity index is 221. The maximum absolute atomic E-state index is 11.3. The van der Waals surface area contributed by atoms with E-state index in [1.807, 2.05) is 19.9 Å². The van der Waals surface area contributed by atoms with Crippen molar-refractivity contribution in [3.63, 3.8) is 0 Å². The SMILES string of the molecule is CC(C)NC(=O)/C=C/CN1CCOCC1. The van der Waals surface area contributed by atoms with Crippen molar-refractivity contribution in [2.24, 2.45) is 0 Å².